The van der Waals surface area contributed by atoms with Gasteiger partial charge in [-0.1, -0.05) is 32.3 Å². The van der Waals surface area contributed by atoms with Gasteiger partial charge in [0, 0.05) is 13.1 Å². The molecule has 106 valence electrons. The summed E-state index contributed by atoms with van der Waals surface area (Å²) in [5.74, 6) is 0. The molecule has 1 rings (SSSR count). The number of unbranched alkanes of at least 4 members (excludes halogenated alkanes) is 4. The molecule has 0 saturated carbocycles. The Morgan fingerprint density at radius 3 is 2.39 bits per heavy atom. The van der Waals surface area contributed by atoms with Gasteiger partial charge in [-0.25, -0.2) is 0 Å². The number of rotatable bonds is 6. The number of halogens is 3. The summed E-state index contributed by atoms with van der Waals surface area (Å²) in [6, 6.07) is 0. The Morgan fingerprint density at radius 2 is 1.83 bits per heavy atom. The van der Waals surface area contributed by atoms with Gasteiger partial charge in [0.25, 0.3) is 0 Å². The van der Waals surface area contributed by atoms with E-state index in [2.05, 4.69) is 6.92 Å². The highest BCUT2D eigenvalue weighted by Gasteiger charge is 2.37. The number of morpholine rings is 1. The van der Waals surface area contributed by atoms with Gasteiger partial charge in [-0.15, -0.1) is 0 Å². The zero-order chi connectivity index (χ0) is 13.4. The molecule has 0 N–H and O–H groups in total. The zero-order valence-electron chi connectivity index (χ0n) is 10.9. The molecule has 0 amide bonds. The van der Waals surface area contributed by atoms with E-state index in [1.54, 1.807) is 0 Å². The van der Waals surface area contributed by atoms with E-state index in [9.17, 15) is 13.2 Å². The minimum Gasteiger partial charge on any atom is -0.378 e. The summed E-state index contributed by atoms with van der Waals surface area (Å²) < 4.78 is 43.9. The maximum Gasteiger partial charge on any atom is 0.430 e. The first-order valence-corrected chi connectivity index (χ1v) is 6.65. The van der Waals surface area contributed by atoms with Crippen LogP contribution in [0.2, 0.25) is 0 Å². The van der Waals surface area contributed by atoms with Crippen LogP contribution in [0, 0.1) is 0 Å². The van der Waals surface area contributed by atoms with Gasteiger partial charge >= 0.3 is 6.18 Å². The fourth-order valence-corrected chi connectivity index (χ4v) is 2.04. The Kier molecular flexibility index (Phi) is 6.54. The van der Waals surface area contributed by atoms with Crippen molar-refractivity contribution < 1.29 is 17.9 Å². The van der Waals surface area contributed by atoms with Crippen LogP contribution in [0.1, 0.15) is 39.0 Å². The second-order valence-electron chi connectivity index (χ2n) is 4.54. The number of nitrogens with zero attached hydrogens (tertiary/aromatic N) is 1. The molecule has 5 heteroatoms. The van der Waals surface area contributed by atoms with Crippen LogP contribution in [0.15, 0.2) is 11.8 Å². The molecular formula is C13H22F3NO. The zero-order valence-corrected chi connectivity index (χ0v) is 10.9. The van der Waals surface area contributed by atoms with Gasteiger partial charge in [-0.3, -0.25) is 0 Å². The van der Waals surface area contributed by atoms with E-state index in [0.29, 0.717) is 32.7 Å². The predicted octanol–water partition coefficient (Wildman–Crippen LogP) is 3.74. The van der Waals surface area contributed by atoms with Crippen LogP contribution in [0.4, 0.5) is 13.2 Å². The average Bonchev–Trinajstić information content (AvgIpc) is 2.33. The molecule has 0 spiro atoms. The summed E-state index contributed by atoms with van der Waals surface area (Å²) in [6.45, 7) is 3.51. The van der Waals surface area contributed by atoms with Crippen molar-refractivity contribution in [2.75, 3.05) is 26.3 Å². The fourth-order valence-electron chi connectivity index (χ4n) is 2.04. The summed E-state index contributed by atoms with van der Waals surface area (Å²) in [7, 11) is 0. The minimum absolute atomic E-state index is 0.334. The average molecular weight is 265 g/mol. The van der Waals surface area contributed by atoms with Gasteiger partial charge in [0.05, 0.1) is 13.2 Å². The highest BCUT2D eigenvalue weighted by atomic mass is 19.4. The summed E-state index contributed by atoms with van der Waals surface area (Å²) in [6.07, 6.45) is 1.63. The molecule has 1 aliphatic heterocycles. The van der Waals surface area contributed by atoms with E-state index in [1.165, 1.54) is 11.0 Å². The van der Waals surface area contributed by atoms with Crippen molar-refractivity contribution in [2.24, 2.45) is 0 Å². The molecule has 0 unspecified atom stereocenters. The lowest BCUT2D eigenvalue weighted by molar-refractivity contribution is -0.118. The number of allylic oxidation sites excluding steroid dienone is 2. The number of hydrogen-bond donors (Lipinski definition) is 0. The minimum atomic E-state index is -4.25. The highest BCUT2D eigenvalue weighted by molar-refractivity contribution is 5.08. The first kappa shape index (κ1) is 15.3. The van der Waals surface area contributed by atoms with Crippen molar-refractivity contribution in [3.63, 3.8) is 0 Å². The van der Waals surface area contributed by atoms with Crippen LogP contribution in [-0.2, 0) is 4.74 Å². The van der Waals surface area contributed by atoms with Gasteiger partial charge in [0.15, 0.2) is 0 Å². The van der Waals surface area contributed by atoms with Crippen molar-refractivity contribution in [3.8, 4) is 0 Å². The molecule has 1 saturated heterocycles. The largest absolute Gasteiger partial charge is 0.430 e. The maximum atomic E-state index is 12.9. The molecule has 2 nitrogen and oxygen atoms in total. The Bertz CT molecular complexity index is 257. The normalized spacial score (nSPS) is 18.2. The molecule has 1 aliphatic rings. The van der Waals surface area contributed by atoms with Gasteiger partial charge in [-0.2, -0.15) is 13.2 Å². The van der Waals surface area contributed by atoms with E-state index in [0.717, 1.165) is 25.7 Å². The third kappa shape index (κ3) is 5.29. The smallest absolute Gasteiger partial charge is 0.378 e. The molecule has 0 aromatic heterocycles. The molecule has 0 bridgehead atoms. The van der Waals surface area contributed by atoms with E-state index in [-0.39, 0.29) is 0 Å². The van der Waals surface area contributed by atoms with E-state index in [4.69, 9.17) is 4.74 Å². The first-order valence-electron chi connectivity index (χ1n) is 6.65. The molecule has 0 aliphatic carbocycles. The molecule has 0 radical (unpaired) electrons. The lowest BCUT2D eigenvalue weighted by Gasteiger charge is -2.32. The third-order valence-electron chi connectivity index (χ3n) is 3.04. The van der Waals surface area contributed by atoms with Crippen LogP contribution in [0.5, 0.6) is 0 Å². The van der Waals surface area contributed by atoms with Gasteiger partial charge < -0.3 is 9.64 Å². The Hall–Kier alpha value is -0.710. The predicted molar refractivity (Wildman–Crippen MR) is 65.3 cm³/mol. The second kappa shape index (κ2) is 7.67. The molecule has 18 heavy (non-hydrogen) atoms. The summed E-state index contributed by atoms with van der Waals surface area (Å²) >= 11 is 0. The molecular weight excluding hydrogens is 243 g/mol. The van der Waals surface area contributed by atoms with E-state index < -0.39 is 11.9 Å². The number of hydrogen-bond acceptors (Lipinski definition) is 2. The van der Waals surface area contributed by atoms with Crippen molar-refractivity contribution in [1.29, 1.82) is 0 Å². The van der Waals surface area contributed by atoms with Crippen molar-refractivity contribution in [3.05, 3.63) is 11.8 Å². The van der Waals surface area contributed by atoms with E-state index in [1.807, 2.05) is 0 Å². The van der Waals surface area contributed by atoms with Crippen LogP contribution in [0.3, 0.4) is 0 Å². The van der Waals surface area contributed by atoms with Crippen molar-refractivity contribution >= 4 is 0 Å². The van der Waals surface area contributed by atoms with Crippen LogP contribution in [-0.4, -0.2) is 37.4 Å². The molecule has 0 aromatic carbocycles. The molecule has 0 atom stereocenters. The number of ether oxygens (including phenoxy) is 1. The second-order valence-corrected chi connectivity index (χ2v) is 4.54. The third-order valence-corrected chi connectivity index (χ3v) is 3.04. The van der Waals surface area contributed by atoms with Crippen LogP contribution in [0.25, 0.3) is 0 Å². The van der Waals surface area contributed by atoms with Gasteiger partial charge in [-0.05, 0) is 12.8 Å². The first-order chi connectivity index (χ1) is 8.55. The SMILES string of the molecule is CCCCCC/C=C(/N1CCOCC1)C(F)(F)F. The topological polar surface area (TPSA) is 12.5 Å². The summed E-state index contributed by atoms with van der Waals surface area (Å²) in [5.41, 5.74) is -0.484. The Labute approximate surface area is 107 Å². The number of alkyl halides is 3. The quantitative estimate of drug-likeness (QED) is 0.678. The standard InChI is InChI=1S/C13H22F3NO/c1-2-3-4-5-6-7-12(13(14,15)16)17-8-10-18-11-9-17/h7H,2-6,8-11H2,1H3/b12-7+. The Morgan fingerprint density at radius 1 is 1.17 bits per heavy atom. The van der Waals surface area contributed by atoms with Gasteiger partial charge in [0.2, 0.25) is 0 Å². The maximum absolute atomic E-state index is 12.9. The van der Waals surface area contributed by atoms with Crippen molar-refractivity contribution in [1.82, 2.24) is 4.90 Å². The van der Waals surface area contributed by atoms with E-state index >= 15 is 0 Å². The Balaban J connectivity index is 2.51. The van der Waals surface area contributed by atoms with Crippen LogP contribution < -0.4 is 0 Å². The molecule has 1 heterocycles. The molecule has 1 fully saturated rings. The van der Waals surface area contributed by atoms with Crippen molar-refractivity contribution in [2.45, 2.75) is 45.2 Å². The van der Waals surface area contributed by atoms with Crippen LogP contribution >= 0.6 is 0 Å². The summed E-state index contributed by atoms with van der Waals surface area (Å²) in [5, 5.41) is 0. The fraction of sp³-hybridized carbons (Fsp3) is 0.846. The molecule has 0 aromatic rings. The highest BCUT2D eigenvalue weighted by Crippen LogP contribution is 2.29. The van der Waals surface area contributed by atoms with Gasteiger partial charge in [0.1, 0.15) is 5.70 Å². The monoisotopic (exact) mass is 265 g/mol. The lowest BCUT2D eigenvalue weighted by atomic mass is 10.1. The summed E-state index contributed by atoms with van der Waals surface area (Å²) in [4.78, 5) is 1.39. The lowest BCUT2D eigenvalue weighted by Crippen LogP contribution is -2.40.